The van der Waals surface area contributed by atoms with E-state index in [1.807, 2.05) is 42.5 Å². The molecule has 1 N–H and O–H groups in total. The van der Waals surface area contributed by atoms with Gasteiger partial charge in [0, 0.05) is 5.56 Å². The maximum absolute atomic E-state index is 12.8. The Hall–Kier alpha value is -2.88. The zero-order valence-electron chi connectivity index (χ0n) is 14.2. The van der Waals surface area contributed by atoms with Gasteiger partial charge in [0.1, 0.15) is 5.75 Å². The molecule has 0 amide bonds. The summed E-state index contributed by atoms with van der Waals surface area (Å²) < 4.78 is 5.60. The fourth-order valence-corrected chi connectivity index (χ4v) is 4.25. The summed E-state index contributed by atoms with van der Waals surface area (Å²) in [7, 11) is 0. The van der Waals surface area contributed by atoms with Crippen LogP contribution in [0.4, 0.5) is 0 Å². The van der Waals surface area contributed by atoms with Gasteiger partial charge in [-0.25, -0.2) is 0 Å². The van der Waals surface area contributed by atoms with Crippen LogP contribution in [0, 0.1) is 23.7 Å². The second-order valence-electron chi connectivity index (χ2n) is 7.04. The van der Waals surface area contributed by atoms with E-state index >= 15 is 0 Å². The Morgan fingerprint density at radius 1 is 0.962 bits per heavy atom. The summed E-state index contributed by atoms with van der Waals surface area (Å²) >= 11 is 0. The Morgan fingerprint density at radius 3 is 2.35 bits per heavy atom. The minimum absolute atomic E-state index is 0.165. The predicted octanol–water partition coefficient (Wildman–Crippen LogP) is 4.17. The van der Waals surface area contributed by atoms with Crippen LogP contribution in [0.3, 0.4) is 0 Å². The molecule has 4 atom stereocenters. The first-order chi connectivity index (χ1) is 12.6. The van der Waals surface area contributed by atoms with Gasteiger partial charge in [-0.05, 0) is 42.2 Å². The molecule has 4 rings (SSSR count). The number of carbonyl (C=O) groups is 2. The number of hydrogen-bond donors (Lipinski definition) is 1. The van der Waals surface area contributed by atoms with E-state index in [0.29, 0.717) is 11.7 Å². The molecule has 1 saturated carbocycles. The highest BCUT2D eigenvalue weighted by atomic mass is 16.5. The van der Waals surface area contributed by atoms with Crippen LogP contribution in [0.5, 0.6) is 5.75 Å². The van der Waals surface area contributed by atoms with E-state index < -0.39 is 17.9 Å². The fourth-order valence-electron chi connectivity index (χ4n) is 4.25. The van der Waals surface area contributed by atoms with Gasteiger partial charge in [0.05, 0.1) is 0 Å². The number of fused-ring (bicyclic) bond motifs is 2. The van der Waals surface area contributed by atoms with Crippen LogP contribution in [0.25, 0.3) is 11.1 Å². The number of benzene rings is 2. The molecular weight excluding hydrogens is 328 g/mol. The van der Waals surface area contributed by atoms with Crippen molar-refractivity contribution in [2.45, 2.75) is 12.8 Å². The number of carbonyl (C=O) groups excluding carboxylic acids is 1. The second kappa shape index (κ2) is 6.79. The molecule has 132 valence electrons. The number of para-hydroxylation sites is 1. The van der Waals surface area contributed by atoms with Crippen molar-refractivity contribution in [1.29, 1.82) is 0 Å². The minimum Gasteiger partial charge on any atom is -0.481 e. The molecule has 2 aliphatic carbocycles. The third-order valence-corrected chi connectivity index (χ3v) is 5.46. The van der Waals surface area contributed by atoms with E-state index in [1.54, 1.807) is 12.1 Å². The molecule has 4 nitrogen and oxygen atoms in total. The van der Waals surface area contributed by atoms with Crippen LogP contribution in [-0.2, 0) is 9.59 Å². The van der Waals surface area contributed by atoms with Gasteiger partial charge >= 0.3 is 11.9 Å². The third-order valence-electron chi connectivity index (χ3n) is 5.46. The van der Waals surface area contributed by atoms with Crippen LogP contribution >= 0.6 is 0 Å². The van der Waals surface area contributed by atoms with Crippen LogP contribution in [0.1, 0.15) is 12.8 Å². The molecule has 4 unspecified atom stereocenters. The number of carboxylic acid groups (broad SMARTS) is 1. The van der Waals surface area contributed by atoms with Gasteiger partial charge in [-0.3, -0.25) is 9.59 Å². The van der Waals surface area contributed by atoms with Gasteiger partial charge in [0.15, 0.2) is 5.92 Å². The standard InChI is InChI=1S/C22H20O4/c23-21(24)20(18-13-14-10-11-16(18)12-14)22(25)26-19-9-5-4-8-17(19)15-6-2-1-3-7-15/h1-11,14,16,18,20H,12-13H2,(H,23,24). The molecule has 0 saturated heterocycles. The topological polar surface area (TPSA) is 63.6 Å². The number of carboxylic acids is 1. The van der Waals surface area contributed by atoms with E-state index in [9.17, 15) is 14.7 Å². The van der Waals surface area contributed by atoms with Gasteiger partial charge in [-0.1, -0.05) is 60.7 Å². The van der Waals surface area contributed by atoms with Gasteiger partial charge < -0.3 is 9.84 Å². The first kappa shape index (κ1) is 16.6. The fraction of sp³-hybridized carbons (Fsp3) is 0.273. The van der Waals surface area contributed by atoms with E-state index in [4.69, 9.17) is 4.74 Å². The highest BCUT2D eigenvalue weighted by Crippen LogP contribution is 2.47. The molecule has 0 aliphatic heterocycles. The zero-order valence-corrected chi connectivity index (χ0v) is 14.2. The Labute approximate surface area is 152 Å². The molecule has 26 heavy (non-hydrogen) atoms. The molecule has 4 heteroatoms. The van der Waals surface area contributed by atoms with Crippen molar-refractivity contribution >= 4 is 11.9 Å². The van der Waals surface area contributed by atoms with Crippen molar-refractivity contribution in [3.8, 4) is 16.9 Å². The lowest BCUT2D eigenvalue weighted by Gasteiger charge is -2.24. The van der Waals surface area contributed by atoms with Crippen LogP contribution in [-0.4, -0.2) is 17.0 Å². The molecular formula is C22H20O4. The van der Waals surface area contributed by atoms with E-state index in [-0.39, 0.29) is 11.8 Å². The molecule has 0 heterocycles. The van der Waals surface area contributed by atoms with Gasteiger partial charge in [0.2, 0.25) is 0 Å². The summed E-state index contributed by atoms with van der Waals surface area (Å²) in [4.78, 5) is 24.6. The highest BCUT2D eigenvalue weighted by molar-refractivity contribution is 5.96. The Kier molecular flexibility index (Phi) is 4.33. The average Bonchev–Trinajstić information content (AvgIpc) is 3.26. The number of esters is 1. The number of ether oxygens (including phenoxy) is 1. The van der Waals surface area contributed by atoms with Crippen LogP contribution in [0.15, 0.2) is 66.7 Å². The largest absolute Gasteiger partial charge is 0.481 e. The summed E-state index contributed by atoms with van der Waals surface area (Å²) in [5.41, 5.74) is 1.70. The van der Waals surface area contributed by atoms with Gasteiger partial charge in [0.25, 0.3) is 0 Å². The van der Waals surface area contributed by atoms with E-state index in [2.05, 4.69) is 12.2 Å². The normalized spacial score (nSPS) is 24.4. The molecule has 2 bridgehead atoms. The summed E-state index contributed by atoms with van der Waals surface area (Å²) in [5.74, 6) is -2.12. The van der Waals surface area contributed by atoms with Crippen LogP contribution in [0.2, 0.25) is 0 Å². The first-order valence-corrected chi connectivity index (χ1v) is 8.91. The quantitative estimate of drug-likeness (QED) is 0.381. The zero-order chi connectivity index (χ0) is 18.1. The van der Waals surface area contributed by atoms with Crippen molar-refractivity contribution in [3.63, 3.8) is 0 Å². The van der Waals surface area contributed by atoms with E-state index in [0.717, 1.165) is 24.0 Å². The lowest BCUT2D eigenvalue weighted by atomic mass is 9.82. The number of aliphatic carboxylic acids is 1. The van der Waals surface area contributed by atoms with Crippen molar-refractivity contribution in [2.75, 3.05) is 0 Å². The van der Waals surface area contributed by atoms with Crippen molar-refractivity contribution < 1.29 is 19.4 Å². The third kappa shape index (κ3) is 3.03. The maximum Gasteiger partial charge on any atom is 0.326 e. The Bertz CT molecular complexity index is 855. The molecule has 0 aromatic heterocycles. The second-order valence-corrected chi connectivity index (χ2v) is 7.04. The summed E-state index contributed by atoms with van der Waals surface area (Å²) in [6.07, 6.45) is 5.88. The molecule has 1 fully saturated rings. The maximum atomic E-state index is 12.8. The van der Waals surface area contributed by atoms with Gasteiger partial charge in [-0.15, -0.1) is 0 Å². The highest BCUT2D eigenvalue weighted by Gasteiger charge is 2.47. The number of rotatable bonds is 5. The van der Waals surface area contributed by atoms with Gasteiger partial charge in [-0.2, -0.15) is 0 Å². The average molecular weight is 348 g/mol. The van der Waals surface area contributed by atoms with Crippen molar-refractivity contribution in [2.24, 2.45) is 23.7 Å². The number of allylic oxidation sites excluding steroid dienone is 2. The SMILES string of the molecule is O=C(O)C(C(=O)Oc1ccccc1-c1ccccc1)C1CC2C=CC1C2. The Morgan fingerprint density at radius 2 is 1.69 bits per heavy atom. The summed E-state index contributed by atoms with van der Waals surface area (Å²) in [6.45, 7) is 0. The van der Waals surface area contributed by atoms with E-state index in [1.165, 1.54) is 0 Å². The lowest BCUT2D eigenvalue weighted by Crippen LogP contribution is -2.36. The summed E-state index contributed by atoms with van der Waals surface area (Å²) in [6, 6.07) is 16.8. The predicted molar refractivity (Wildman–Crippen MR) is 97.5 cm³/mol. The van der Waals surface area contributed by atoms with Crippen molar-refractivity contribution in [1.82, 2.24) is 0 Å². The molecule has 0 spiro atoms. The van der Waals surface area contributed by atoms with Crippen LogP contribution < -0.4 is 4.74 Å². The molecule has 0 radical (unpaired) electrons. The Balaban J connectivity index is 1.60. The van der Waals surface area contributed by atoms with Crippen molar-refractivity contribution in [3.05, 3.63) is 66.7 Å². The lowest BCUT2D eigenvalue weighted by molar-refractivity contribution is -0.156. The smallest absolute Gasteiger partial charge is 0.326 e. The molecule has 2 aromatic carbocycles. The summed E-state index contributed by atoms with van der Waals surface area (Å²) in [5, 5.41) is 9.67. The monoisotopic (exact) mass is 348 g/mol. The molecule has 2 aliphatic rings. The number of hydrogen-bond acceptors (Lipinski definition) is 3. The minimum atomic E-state index is -1.13. The first-order valence-electron chi connectivity index (χ1n) is 8.91. The molecule has 2 aromatic rings.